The average molecular weight is 275 g/mol. The van der Waals surface area contributed by atoms with Gasteiger partial charge < -0.3 is 21.1 Å². The number of carbonyl (C=O) groups is 2. The Morgan fingerprint density at radius 3 is 2.85 bits per heavy atom. The maximum Gasteiger partial charge on any atom is 0.305 e. The molecule has 6 heteroatoms. The lowest BCUT2D eigenvalue weighted by Gasteiger charge is -2.09. The van der Waals surface area contributed by atoms with E-state index >= 15 is 0 Å². The van der Waals surface area contributed by atoms with Crippen LogP contribution in [-0.4, -0.2) is 34.6 Å². The van der Waals surface area contributed by atoms with Gasteiger partial charge in [0.05, 0.1) is 12.5 Å². The average Bonchev–Trinajstić information content (AvgIpc) is 2.81. The molecule has 2 rings (SSSR count). The minimum absolute atomic E-state index is 0.362. The molecule has 1 unspecified atom stereocenters. The highest BCUT2D eigenvalue weighted by molar-refractivity contribution is 5.86. The van der Waals surface area contributed by atoms with Crippen LogP contribution in [0, 0.1) is 0 Å². The van der Waals surface area contributed by atoms with Gasteiger partial charge >= 0.3 is 5.97 Å². The number of benzene rings is 1. The van der Waals surface area contributed by atoms with Crippen molar-refractivity contribution in [3.05, 3.63) is 36.0 Å². The molecule has 1 aromatic heterocycles. The van der Waals surface area contributed by atoms with Crippen molar-refractivity contribution in [3.8, 4) is 0 Å². The number of hydrogen-bond acceptors (Lipinski definition) is 3. The molecule has 1 amide bonds. The number of carboxylic acid groups (broad SMARTS) is 1. The number of aromatic amines is 1. The third kappa shape index (κ3) is 3.36. The standard InChI is InChI=1S/C14H17N3O3/c15-11(7-13(18)19)14(20)16-6-5-9-8-17-12-4-2-1-3-10(9)12/h1-4,8,11,17H,5-7,15H2,(H,16,20)(H,18,19). The van der Waals surface area contributed by atoms with E-state index in [4.69, 9.17) is 10.8 Å². The number of fused-ring (bicyclic) bond motifs is 1. The van der Waals surface area contributed by atoms with Gasteiger partial charge in [-0.1, -0.05) is 18.2 Å². The van der Waals surface area contributed by atoms with Crippen molar-refractivity contribution in [3.63, 3.8) is 0 Å². The van der Waals surface area contributed by atoms with E-state index in [-0.39, 0.29) is 6.42 Å². The van der Waals surface area contributed by atoms with Crippen LogP contribution in [0.1, 0.15) is 12.0 Å². The predicted molar refractivity (Wildman–Crippen MR) is 75.2 cm³/mol. The first-order valence-electron chi connectivity index (χ1n) is 6.38. The SMILES string of the molecule is NC(CC(=O)O)C(=O)NCCc1c[nH]c2ccccc12. The molecule has 0 aliphatic carbocycles. The number of nitrogens with one attached hydrogen (secondary N) is 2. The van der Waals surface area contributed by atoms with Crippen LogP contribution in [0.4, 0.5) is 0 Å². The summed E-state index contributed by atoms with van der Waals surface area (Å²) in [6, 6.07) is 6.91. The first kappa shape index (κ1) is 14.1. The summed E-state index contributed by atoms with van der Waals surface area (Å²) < 4.78 is 0. The van der Waals surface area contributed by atoms with Gasteiger partial charge in [0.25, 0.3) is 0 Å². The van der Waals surface area contributed by atoms with Crippen molar-refractivity contribution in [2.24, 2.45) is 5.73 Å². The third-order valence-electron chi connectivity index (χ3n) is 3.10. The highest BCUT2D eigenvalue weighted by Gasteiger charge is 2.16. The summed E-state index contributed by atoms with van der Waals surface area (Å²) in [5.74, 6) is -1.52. The number of nitrogens with two attached hydrogens (primary N) is 1. The fourth-order valence-corrected chi connectivity index (χ4v) is 2.07. The van der Waals surface area contributed by atoms with E-state index in [0.717, 1.165) is 16.5 Å². The third-order valence-corrected chi connectivity index (χ3v) is 3.10. The summed E-state index contributed by atoms with van der Waals surface area (Å²) in [5.41, 5.74) is 7.63. The second kappa shape index (κ2) is 6.21. The van der Waals surface area contributed by atoms with Crippen molar-refractivity contribution in [1.82, 2.24) is 10.3 Å². The zero-order valence-electron chi connectivity index (χ0n) is 10.9. The van der Waals surface area contributed by atoms with Crippen LogP contribution < -0.4 is 11.1 Å². The Balaban J connectivity index is 1.87. The molecule has 1 atom stereocenters. The number of aliphatic carboxylic acids is 1. The monoisotopic (exact) mass is 275 g/mol. The van der Waals surface area contributed by atoms with Gasteiger partial charge in [0.1, 0.15) is 0 Å². The Kier molecular flexibility index (Phi) is 4.37. The second-order valence-electron chi connectivity index (χ2n) is 4.60. The number of carboxylic acids is 1. The van der Waals surface area contributed by atoms with Gasteiger partial charge in [0, 0.05) is 23.6 Å². The normalized spacial score (nSPS) is 12.2. The van der Waals surface area contributed by atoms with Crippen LogP contribution in [-0.2, 0) is 16.0 Å². The topological polar surface area (TPSA) is 108 Å². The van der Waals surface area contributed by atoms with Gasteiger partial charge in [-0.15, -0.1) is 0 Å². The number of carbonyl (C=O) groups excluding carboxylic acids is 1. The Morgan fingerprint density at radius 1 is 1.35 bits per heavy atom. The lowest BCUT2D eigenvalue weighted by atomic mass is 10.1. The lowest BCUT2D eigenvalue weighted by molar-refractivity contribution is -0.139. The fraction of sp³-hybridized carbons (Fsp3) is 0.286. The molecule has 0 bridgehead atoms. The molecule has 0 aliphatic rings. The molecular formula is C14H17N3O3. The van der Waals surface area contributed by atoms with Gasteiger partial charge in [-0.3, -0.25) is 9.59 Å². The summed E-state index contributed by atoms with van der Waals surface area (Å²) >= 11 is 0. The van der Waals surface area contributed by atoms with E-state index in [0.29, 0.717) is 13.0 Å². The maximum absolute atomic E-state index is 11.6. The van der Waals surface area contributed by atoms with E-state index in [1.165, 1.54) is 0 Å². The zero-order chi connectivity index (χ0) is 14.5. The Morgan fingerprint density at radius 2 is 2.10 bits per heavy atom. The van der Waals surface area contributed by atoms with E-state index < -0.39 is 17.9 Å². The zero-order valence-corrected chi connectivity index (χ0v) is 10.9. The van der Waals surface area contributed by atoms with Crippen molar-refractivity contribution in [2.75, 3.05) is 6.54 Å². The summed E-state index contributed by atoms with van der Waals surface area (Å²) in [4.78, 5) is 25.2. The summed E-state index contributed by atoms with van der Waals surface area (Å²) in [6.07, 6.45) is 2.21. The molecule has 0 spiro atoms. The van der Waals surface area contributed by atoms with Crippen LogP contribution >= 0.6 is 0 Å². The number of rotatable bonds is 6. The first-order valence-corrected chi connectivity index (χ1v) is 6.38. The number of aromatic nitrogens is 1. The minimum Gasteiger partial charge on any atom is -0.481 e. The quantitative estimate of drug-likeness (QED) is 0.620. The summed E-state index contributed by atoms with van der Waals surface area (Å²) in [5, 5.41) is 12.3. The molecule has 0 saturated carbocycles. The first-order chi connectivity index (χ1) is 9.58. The fourth-order valence-electron chi connectivity index (χ4n) is 2.07. The van der Waals surface area contributed by atoms with Gasteiger partial charge in [-0.05, 0) is 18.1 Å². The van der Waals surface area contributed by atoms with Gasteiger partial charge in [0.2, 0.25) is 5.91 Å². The molecule has 1 aromatic carbocycles. The maximum atomic E-state index is 11.6. The molecule has 0 radical (unpaired) electrons. The van der Waals surface area contributed by atoms with Gasteiger partial charge in [-0.2, -0.15) is 0 Å². The van der Waals surface area contributed by atoms with Crippen molar-refractivity contribution in [2.45, 2.75) is 18.9 Å². The summed E-state index contributed by atoms with van der Waals surface area (Å²) in [6.45, 7) is 0.425. The molecule has 2 aromatic rings. The number of H-pyrrole nitrogens is 1. The molecule has 0 saturated heterocycles. The molecule has 5 N–H and O–H groups in total. The predicted octanol–water partition coefficient (Wildman–Crippen LogP) is 0.629. The summed E-state index contributed by atoms with van der Waals surface area (Å²) in [7, 11) is 0. The number of amides is 1. The molecule has 0 aliphatic heterocycles. The van der Waals surface area contributed by atoms with Crippen LogP contribution in [0.15, 0.2) is 30.5 Å². The van der Waals surface area contributed by atoms with Crippen LogP contribution in [0.3, 0.4) is 0 Å². The van der Waals surface area contributed by atoms with Crippen LogP contribution in [0.5, 0.6) is 0 Å². The Hall–Kier alpha value is -2.34. The smallest absolute Gasteiger partial charge is 0.305 e. The van der Waals surface area contributed by atoms with Crippen molar-refractivity contribution >= 4 is 22.8 Å². The van der Waals surface area contributed by atoms with Crippen LogP contribution in [0.25, 0.3) is 10.9 Å². The highest BCUT2D eigenvalue weighted by Crippen LogP contribution is 2.17. The lowest BCUT2D eigenvalue weighted by Crippen LogP contribution is -2.42. The van der Waals surface area contributed by atoms with E-state index in [2.05, 4.69) is 10.3 Å². The van der Waals surface area contributed by atoms with Crippen molar-refractivity contribution < 1.29 is 14.7 Å². The molecular weight excluding hydrogens is 258 g/mol. The van der Waals surface area contributed by atoms with E-state index in [9.17, 15) is 9.59 Å². The second-order valence-corrected chi connectivity index (χ2v) is 4.60. The molecule has 106 valence electrons. The Bertz CT molecular complexity index is 621. The molecule has 1 heterocycles. The molecule has 0 fully saturated rings. The molecule has 20 heavy (non-hydrogen) atoms. The Labute approximate surface area is 116 Å². The number of hydrogen-bond donors (Lipinski definition) is 4. The van der Waals surface area contributed by atoms with Crippen LogP contribution in [0.2, 0.25) is 0 Å². The highest BCUT2D eigenvalue weighted by atomic mass is 16.4. The molecule has 6 nitrogen and oxygen atoms in total. The van der Waals surface area contributed by atoms with Crippen molar-refractivity contribution in [1.29, 1.82) is 0 Å². The number of para-hydroxylation sites is 1. The minimum atomic E-state index is -1.08. The largest absolute Gasteiger partial charge is 0.481 e. The van der Waals surface area contributed by atoms with E-state index in [1.807, 2.05) is 30.5 Å². The van der Waals surface area contributed by atoms with E-state index in [1.54, 1.807) is 0 Å². The van der Waals surface area contributed by atoms with Gasteiger partial charge in [-0.25, -0.2) is 0 Å². The van der Waals surface area contributed by atoms with Gasteiger partial charge in [0.15, 0.2) is 0 Å².